The van der Waals surface area contributed by atoms with E-state index in [0.717, 1.165) is 16.9 Å². The summed E-state index contributed by atoms with van der Waals surface area (Å²) in [5.41, 5.74) is 2.68. The number of carboxylic acid groups (broad SMARTS) is 1. The lowest BCUT2D eigenvalue weighted by Gasteiger charge is -2.07. The summed E-state index contributed by atoms with van der Waals surface area (Å²) >= 11 is 1.28. The fourth-order valence-corrected chi connectivity index (χ4v) is 3.57. The van der Waals surface area contributed by atoms with E-state index in [-0.39, 0.29) is 11.5 Å². The number of amidine groups is 1. The molecule has 1 N–H and O–H groups in total. The Balaban J connectivity index is 1.85. The molecule has 1 fully saturated rings. The number of thioether (sulfide) groups is 1. The van der Waals surface area contributed by atoms with Crippen LogP contribution < -0.4 is 4.74 Å². The van der Waals surface area contributed by atoms with Crippen LogP contribution in [-0.2, 0) is 4.79 Å². The van der Waals surface area contributed by atoms with Gasteiger partial charge < -0.3 is 9.84 Å². The zero-order chi connectivity index (χ0) is 19.6. The molecule has 2 aromatic carbocycles. The zero-order valence-electron chi connectivity index (χ0n) is 15.1. The maximum atomic E-state index is 12.5. The lowest BCUT2D eigenvalue weighted by Crippen LogP contribution is -2.23. The van der Waals surface area contributed by atoms with E-state index < -0.39 is 5.97 Å². The first-order chi connectivity index (χ1) is 12.9. The Bertz CT molecular complexity index is 964. The molecule has 138 valence electrons. The van der Waals surface area contributed by atoms with Gasteiger partial charge in [0, 0.05) is 7.05 Å². The molecule has 0 radical (unpaired) electrons. The van der Waals surface area contributed by atoms with Gasteiger partial charge in [-0.25, -0.2) is 9.79 Å². The minimum Gasteiger partial charge on any atom is -0.496 e. The molecule has 1 saturated heterocycles. The van der Waals surface area contributed by atoms with Crippen LogP contribution >= 0.6 is 11.8 Å². The van der Waals surface area contributed by atoms with Crippen molar-refractivity contribution in [1.29, 1.82) is 0 Å². The van der Waals surface area contributed by atoms with Gasteiger partial charge in [-0.15, -0.1) is 0 Å². The summed E-state index contributed by atoms with van der Waals surface area (Å²) in [6.45, 7) is 1.95. The van der Waals surface area contributed by atoms with E-state index >= 15 is 0 Å². The highest BCUT2D eigenvalue weighted by molar-refractivity contribution is 8.18. The maximum Gasteiger partial charge on any atom is 0.335 e. The molecule has 0 aliphatic carbocycles. The quantitative estimate of drug-likeness (QED) is 0.811. The molecule has 1 amide bonds. The van der Waals surface area contributed by atoms with Crippen molar-refractivity contribution in [2.45, 2.75) is 6.92 Å². The number of rotatable bonds is 4. The first-order valence-electron chi connectivity index (χ1n) is 8.13. The van der Waals surface area contributed by atoms with Crippen molar-refractivity contribution >= 4 is 40.6 Å². The van der Waals surface area contributed by atoms with Crippen LogP contribution in [-0.4, -0.2) is 41.2 Å². The van der Waals surface area contributed by atoms with E-state index in [0.29, 0.717) is 15.8 Å². The summed E-state index contributed by atoms with van der Waals surface area (Å²) in [7, 11) is 3.29. The number of carboxylic acids is 1. The van der Waals surface area contributed by atoms with Crippen molar-refractivity contribution in [3.8, 4) is 5.75 Å². The van der Waals surface area contributed by atoms with Gasteiger partial charge in [0.05, 0.1) is 23.3 Å². The number of carbonyl (C=O) groups is 2. The molecule has 2 aromatic rings. The van der Waals surface area contributed by atoms with Crippen molar-refractivity contribution in [1.82, 2.24) is 4.90 Å². The van der Waals surface area contributed by atoms with Crippen LogP contribution in [0.3, 0.4) is 0 Å². The van der Waals surface area contributed by atoms with E-state index in [1.54, 1.807) is 26.3 Å². The van der Waals surface area contributed by atoms with Gasteiger partial charge in [0.25, 0.3) is 5.91 Å². The number of aryl methyl sites for hydroxylation is 1. The first-order valence-corrected chi connectivity index (χ1v) is 8.95. The Hall–Kier alpha value is -3.06. The van der Waals surface area contributed by atoms with Crippen LogP contribution in [0.4, 0.5) is 5.69 Å². The predicted molar refractivity (Wildman–Crippen MR) is 107 cm³/mol. The van der Waals surface area contributed by atoms with Crippen LogP contribution in [0.5, 0.6) is 5.75 Å². The normalized spacial score (nSPS) is 17.0. The van der Waals surface area contributed by atoms with E-state index in [1.807, 2.05) is 31.2 Å². The standard InChI is InChI=1S/C20H18N2O4S/c1-12-10-13(4-9-16(12)26-3)11-17-18(23)22(2)20(27-17)21-15-7-5-14(6-8-15)19(24)25/h4-11H,1-3H3,(H,24,25)/b17-11-,21-20?. The topological polar surface area (TPSA) is 79.2 Å². The third kappa shape index (κ3) is 4.03. The smallest absolute Gasteiger partial charge is 0.335 e. The largest absolute Gasteiger partial charge is 0.496 e. The second kappa shape index (κ2) is 7.67. The highest BCUT2D eigenvalue weighted by Gasteiger charge is 2.30. The van der Waals surface area contributed by atoms with E-state index in [9.17, 15) is 9.59 Å². The summed E-state index contributed by atoms with van der Waals surface area (Å²) in [5, 5.41) is 9.50. The molecule has 3 rings (SSSR count). The van der Waals surface area contributed by atoms with Gasteiger partial charge in [-0.1, -0.05) is 6.07 Å². The molecular formula is C20H18N2O4S. The van der Waals surface area contributed by atoms with Crippen LogP contribution in [0.2, 0.25) is 0 Å². The fraction of sp³-hybridized carbons (Fsp3) is 0.150. The van der Waals surface area contributed by atoms with E-state index in [4.69, 9.17) is 9.84 Å². The highest BCUT2D eigenvalue weighted by atomic mass is 32.2. The number of hydrogen-bond acceptors (Lipinski definition) is 5. The van der Waals surface area contributed by atoms with Gasteiger partial charge in [-0.05, 0) is 72.3 Å². The lowest BCUT2D eigenvalue weighted by atomic mass is 10.1. The lowest BCUT2D eigenvalue weighted by molar-refractivity contribution is -0.121. The molecule has 0 bridgehead atoms. The summed E-state index contributed by atoms with van der Waals surface area (Å²) in [6.07, 6.45) is 1.83. The van der Waals surface area contributed by atoms with Crippen LogP contribution in [0, 0.1) is 6.92 Å². The Morgan fingerprint density at radius 1 is 1.22 bits per heavy atom. The van der Waals surface area contributed by atoms with Crippen molar-refractivity contribution in [2.24, 2.45) is 4.99 Å². The van der Waals surface area contributed by atoms with Gasteiger partial charge >= 0.3 is 5.97 Å². The first kappa shape index (κ1) is 18.7. The van der Waals surface area contributed by atoms with Gasteiger partial charge in [-0.3, -0.25) is 9.69 Å². The summed E-state index contributed by atoms with van der Waals surface area (Å²) in [5.74, 6) is -0.321. The Morgan fingerprint density at radius 2 is 1.93 bits per heavy atom. The fourth-order valence-electron chi connectivity index (χ4n) is 2.58. The Morgan fingerprint density at radius 3 is 2.52 bits per heavy atom. The molecule has 6 nitrogen and oxygen atoms in total. The molecule has 0 unspecified atom stereocenters. The predicted octanol–water partition coefficient (Wildman–Crippen LogP) is 3.94. The van der Waals surface area contributed by atoms with Gasteiger partial charge in [-0.2, -0.15) is 0 Å². The number of aromatic carboxylic acids is 1. The van der Waals surface area contributed by atoms with Crippen molar-refractivity contribution in [3.63, 3.8) is 0 Å². The molecule has 0 saturated carbocycles. The Labute approximate surface area is 161 Å². The number of likely N-dealkylation sites (N-methyl/N-ethyl adjacent to an activating group) is 1. The Kier molecular flexibility index (Phi) is 5.32. The molecule has 0 atom stereocenters. The molecule has 27 heavy (non-hydrogen) atoms. The van der Waals surface area contributed by atoms with Crippen molar-refractivity contribution in [2.75, 3.05) is 14.2 Å². The van der Waals surface area contributed by atoms with Crippen LogP contribution in [0.25, 0.3) is 6.08 Å². The third-order valence-electron chi connectivity index (χ3n) is 4.06. The number of carbonyl (C=O) groups excluding carboxylic acids is 1. The average Bonchev–Trinajstić information content (AvgIpc) is 2.90. The summed E-state index contributed by atoms with van der Waals surface area (Å²) in [4.78, 5) is 30.0. The molecular weight excluding hydrogens is 364 g/mol. The average molecular weight is 382 g/mol. The van der Waals surface area contributed by atoms with Gasteiger partial charge in [0.1, 0.15) is 5.75 Å². The molecule has 1 aliphatic rings. The highest BCUT2D eigenvalue weighted by Crippen LogP contribution is 2.33. The molecule has 1 heterocycles. The molecule has 1 aliphatic heterocycles. The second-order valence-electron chi connectivity index (χ2n) is 5.95. The van der Waals surface area contributed by atoms with E-state index in [2.05, 4.69) is 4.99 Å². The molecule has 0 spiro atoms. The number of ether oxygens (including phenoxy) is 1. The minimum atomic E-state index is -0.989. The molecule has 0 aromatic heterocycles. The van der Waals surface area contributed by atoms with Gasteiger partial charge in [0.15, 0.2) is 5.17 Å². The zero-order valence-corrected chi connectivity index (χ0v) is 15.9. The van der Waals surface area contributed by atoms with Crippen LogP contribution in [0.1, 0.15) is 21.5 Å². The van der Waals surface area contributed by atoms with Gasteiger partial charge in [0.2, 0.25) is 0 Å². The van der Waals surface area contributed by atoms with E-state index in [1.165, 1.54) is 28.8 Å². The minimum absolute atomic E-state index is 0.130. The van der Waals surface area contributed by atoms with Crippen LogP contribution in [0.15, 0.2) is 52.4 Å². The van der Waals surface area contributed by atoms with Crippen molar-refractivity contribution in [3.05, 3.63) is 64.1 Å². The third-order valence-corrected chi connectivity index (χ3v) is 5.12. The SMILES string of the molecule is COc1ccc(/C=C2\SC(=Nc3ccc(C(=O)O)cc3)N(C)C2=O)cc1C. The number of amides is 1. The monoisotopic (exact) mass is 382 g/mol. The molecule has 7 heteroatoms. The summed E-state index contributed by atoms with van der Waals surface area (Å²) in [6, 6.07) is 11.9. The number of hydrogen-bond donors (Lipinski definition) is 1. The number of aliphatic imine (C=N–C) groups is 1. The maximum absolute atomic E-state index is 12.5. The number of nitrogens with zero attached hydrogens (tertiary/aromatic N) is 2. The number of benzene rings is 2. The summed E-state index contributed by atoms with van der Waals surface area (Å²) < 4.78 is 5.26. The number of methoxy groups -OCH3 is 1. The second-order valence-corrected chi connectivity index (χ2v) is 6.96. The van der Waals surface area contributed by atoms with Crippen molar-refractivity contribution < 1.29 is 19.4 Å².